The predicted octanol–water partition coefficient (Wildman–Crippen LogP) is 4.62. The Morgan fingerprint density at radius 3 is 2.55 bits per heavy atom. The zero-order chi connectivity index (χ0) is 20.4. The first-order valence-corrected chi connectivity index (χ1v) is 9.41. The first-order valence-electron chi connectivity index (χ1n) is 9.41. The highest BCUT2D eigenvalue weighted by Crippen LogP contribution is 2.28. The number of rotatable bonds is 5. The van der Waals surface area contributed by atoms with E-state index in [0.717, 1.165) is 39.4 Å². The summed E-state index contributed by atoms with van der Waals surface area (Å²) in [4.78, 5) is 17.4. The van der Waals surface area contributed by atoms with Crippen LogP contribution in [0.15, 0.2) is 70.4 Å². The molecule has 4 aromatic rings. The van der Waals surface area contributed by atoms with Crippen LogP contribution in [0, 0.1) is 20.8 Å². The van der Waals surface area contributed by atoms with Gasteiger partial charge >= 0.3 is 0 Å². The molecule has 0 aliphatic carbocycles. The SMILES string of the molecule is Cc1cncc(Nc2cc(-c3c(C)noc3C)cn(Cc3ccccc3)c2=O)c1. The molecule has 0 amide bonds. The zero-order valence-corrected chi connectivity index (χ0v) is 16.6. The molecule has 3 aromatic heterocycles. The Balaban J connectivity index is 1.84. The summed E-state index contributed by atoms with van der Waals surface area (Å²) in [6.45, 7) is 6.21. The van der Waals surface area contributed by atoms with E-state index < -0.39 is 0 Å². The van der Waals surface area contributed by atoms with Gasteiger partial charge in [0.05, 0.1) is 24.1 Å². The fraction of sp³-hybridized carbons (Fsp3) is 0.174. The van der Waals surface area contributed by atoms with Crippen LogP contribution >= 0.6 is 0 Å². The third-order valence-electron chi connectivity index (χ3n) is 4.76. The highest BCUT2D eigenvalue weighted by Gasteiger charge is 2.16. The van der Waals surface area contributed by atoms with E-state index in [1.165, 1.54) is 0 Å². The summed E-state index contributed by atoms with van der Waals surface area (Å²) < 4.78 is 7.05. The number of hydrogen-bond donors (Lipinski definition) is 1. The van der Waals surface area contributed by atoms with Gasteiger partial charge in [-0.15, -0.1) is 0 Å². The third kappa shape index (κ3) is 3.96. The Labute approximate surface area is 168 Å². The van der Waals surface area contributed by atoms with Crippen molar-refractivity contribution in [2.45, 2.75) is 27.3 Å². The summed E-state index contributed by atoms with van der Waals surface area (Å²) in [6, 6.07) is 13.7. The van der Waals surface area contributed by atoms with E-state index in [-0.39, 0.29) is 5.56 Å². The summed E-state index contributed by atoms with van der Waals surface area (Å²) in [7, 11) is 0. The average Bonchev–Trinajstić information content (AvgIpc) is 3.04. The van der Waals surface area contributed by atoms with E-state index in [9.17, 15) is 4.79 Å². The number of anilines is 2. The van der Waals surface area contributed by atoms with Gasteiger partial charge in [-0.05, 0) is 44.0 Å². The van der Waals surface area contributed by atoms with Gasteiger partial charge in [0, 0.05) is 23.5 Å². The van der Waals surface area contributed by atoms with E-state index in [2.05, 4.69) is 15.5 Å². The van der Waals surface area contributed by atoms with Crippen molar-refractivity contribution < 1.29 is 4.52 Å². The minimum Gasteiger partial charge on any atom is -0.361 e. The molecule has 0 aliphatic rings. The molecule has 0 fully saturated rings. The maximum absolute atomic E-state index is 13.2. The van der Waals surface area contributed by atoms with Crippen LogP contribution in [-0.2, 0) is 6.54 Å². The first kappa shape index (κ1) is 18.7. The van der Waals surface area contributed by atoms with Crippen molar-refractivity contribution >= 4 is 11.4 Å². The van der Waals surface area contributed by atoms with Crippen molar-refractivity contribution in [3.63, 3.8) is 0 Å². The van der Waals surface area contributed by atoms with Crippen LogP contribution in [0.4, 0.5) is 11.4 Å². The Morgan fingerprint density at radius 1 is 1.07 bits per heavy atom. The molecule has 0 aliphatic heterocycles. The maximum atomic E-state index is 13.2. The molecular formula is C23H22N4O2. The lowest BCUT2D eigenvalue weighted by Crippen LogP contribution is -2.23. The number of pyridine rings is 2. The number of aryl methyl sites for hydroxylation is 3. The average molecular weight is 386 g/mol. The Kier molecular flexibility index (Phi) is 4.99. The summed E-state index contributed by atoms with van der Waals surface area (Å²) in [6.07, 6.45) is 5.34. The normalized spacial score (nSPS) is 10.9. The number of aromatic nitrogens is 3. The van der Waals surface area contributed by atoms with Gasteiger partial charge in [-0.3, -0.25) is 9.78 Å². The van der Waals surface area contributed by atoms with E-state index in [1.807, 2.05) is 69.4 Å². The molecule has 0 atom stereocenters. The molecule has 0 unspecified atom stereocenters. The standard InChI is InChI=1S/C23H22N4O2/c1-15-9-20(12-24-11-15)25-21-10-19(22-16(2)26-29-17(22)3)14-27(23(21)28)13-18-7-5-4-6-8-18/h4-12,14,25H,13H2,1-3H3. The van der Waals surface area contributed by atoms with Gasteiger partial charge in [0.25, 0.3) is 5.56 Å². The van der Waals surface area contributed by atoms with Gasteiger partial charge in [0.2, 0.25) is 0 Å². The van der Waals surface area contributed by atoms with Crippen LogP contribution < -0.4 is 10.9 Å². The Hall–Kier alpha value is -3.67. The molecule has 29 heavy (non-hydrogen) atoms. The molecule has 6 nitrogen and oxygen atoms in total. The monoisotopic (exact) mass is 386 g/mol. The number of hydrogen-bond acceptors (Lipinski definition) is 5. The van der Waals surface area contributed by atoms with Gasteiger partial charge in [-0.2, -0.15) is 0 Å². The first-order chi connectivity index (χ1) is 14.0. The third-order valence-corrected chi connectivity index (χ3v) is 4.76. The van der Waals surface area contributed by atoms with E-state index in [0.29, 0.717) is 12.2 Å². The van der Waals surface area contributed by atoms with Crippen LogP contribution in [-0.4, -0.2) is 14.7 Å². The highest BCUT2D eigenvalue weighted by molar-refractivity contribution is 5.72. The van der Waals surface area contributed by atoms with Crippen molar-refractivity contribution in [1.82, 2.24) is 14.7 Å². The molecule has 0 saturated carbocycles. The number of nitrogens with zero attached hydrogens (tertiary/aromatic N) is 3. The van der Waals surface area contributed by atoms with Crippen LogP contribution in [0.3, 0.4) is 0 Å². The largest absolute Gasteiger partial charge is 0.361 e. The maximum Gasteiger partial charge on any atom is 0.274 e. The second kappa shape index (κ2) is 7.75. The molecule has 3 heterocycles. The smallest absolute Gasteiger partial charge is 0.274 e. The molecular weight excluding hydrogens is 364 g/mol. The fourth-order valence-electron chi connectivity index (χ4n) is 3.43. The molecule has 146 valence electrons. The molecule has 6 heteroatoms. The van der Waals surface area contributed by atoms with E-state index >= 15 is 0 Å². The minimum absolute atomic E-state index is 0.106. The highest BCUT2D eigenvalue weighted by atomic mass is 16.5. The molecule has 0 saturated heterocycles. The summed E-state index contributed by atoms with van der Waals surface area (Å²) in [5, 5.41) is 7.29. The lowest BCUT2D eigenvalue weighted by molar-refractivity contribution is 0.393. The van der Waals surface area contributed by atoms with Crippen molar-refractivity contribution in [3.05, 3.63) is 94.0 Å². The molecule has 0 bridgehead atoms. The van der Waals surface area contributed by atoms with Crippen LogP contribution in [0.1, 0.15) is 22.6 Å². The van der Waals surface area contributed by atoms with Gasteiger partial charge in [0.1, 0.15) is 11.4 Å². The molecule has 1 N–H and O–H groups in total. The van der Waals surface area contributed by atoms with Crippen molar-refractivity contribution in [2.75, 3.05) is 5.32 Å². The van der Waals surface area contributed by atoms with Crippen LogP contribution in [0.5, 0.6) is 0 Å². The van der Waals surface area contributed by atoms with Crippen molar-refractivity contribution in [1.29, 1.82) is 0 Å². The van der Waals surface area contributed by atoms with Crippen LogP contribution in [0.25, 0.3) is 11.1 Å². The molecule has 4 rings (SSSR count). The van der Waals surface area contributed by atoms with Gasteiger partial charge in [-0.1, -0.05) is 35.5 Å². The van der Waals surface area contributed by atoms with E-state index in [4.69, 9.17) is 4.52 Å². The van der Waals surface area contributed by atoms with Gasteiger partial charge in [-0.25, -0.2) is 0 Å². The quantitative estimate of drug-likeness (QED) is 0.542. The van der Waals surface area contributed by atoms with Gasteiger partial charge < -0.3 is 14.4 Å². The summed E-state index contributed by atoms with van der Waals surface area (Å²) in [5.41, 5.74) is 5.77. The Bertz CT molecular complexity index is 1190. The predicted molar refractivity (Wildman–Crippen MR) is 113 cm³/mol. The summed E-state index contributed by atoms with van der Waals surface area (Å²) in [5.74, 6) is 0.718. The van der Waals surface area contributed by atoms with Crippen molar-refractivity contribution in [3.8, 4) is 11.1 Å². The minimum atomic E-state index is -0.106. The summed E-state index contributed by atoms with van der Waals surface area (Å²) >= 11 is 0. The zero-order valence-electron chi connectivity index (χ0n) is 16.6. The van der Waals surface area contributed by atoms with E-state index in [1.54, 1.807) is 17.0 Å². The topological polar surface area (TPSA) is 73.0 Å². The molecule has 0 spiro atoms. The number of benzene rings is 1. The van der Waals surface area contributed by atoms with Crippen LogP contribution in [0.2, 0.25) is 0 Å². The second-order valence-electron chi connectivity index (χ2n) is 7.14. The van der Waals surface area contributed by atoms with Gasteiger partial charge in [0.15, 0.2) is 0 Å². The number of nitrogens with one attached hydrogen (secondary N) is 1. The molecule has 0 radical (unpaired) electrons. The second-order valence-corrected chi connectivity index (χ2v) is 7.14. The lowest BCUT2D eigenvalue weighted by Gasteiger charge is -2.14. The fourth-order valence-corrected chi connectivity index (χ4v) is 3.43. The van der Waals surface area contributed by atoms with Crippen molar-refractivity contribution in [2.24, 2.45) is 0 Å². The Morgan fingerprint density at radius 2 is 1.86 bits per heavy atom. The lowest BCUT2D eigenvalue weighted by atomic mass is 10.1. The molecule has 1 aromatic carbocycles.